The highest BCUT2D eigenvalue weighted by molar-refractivity contribution is 6.30. The van der Waals surface area contributed by atoms with Crippen molar-refractivity contribution in [3.63, 3.8) is 0 Å². The van der Waals surface area contributed by atoms with Crippen LogP contribution in [0, 0.1) is 11.6 Å². The van der Waals surface area contributed by atoms with E-state index in [4.69, 9.17) is 16.3 Å². The third kappa shape index (κ3) is 3.43. The third-order valence-corrected chi connectivity index (χ3v) is 2.79. The number of hydrogen-bond donors (Lipinski definition) is 1. The molecule has 2 aromatic rings. The van der Waals surface area contributed by atoms with Crippen LogP contribution >= 0.6 is 11.6 Å². The Labute approximate surface area is 115 Å². The zero-order valence-corrected chi connectivity index (χ0v) is 11.0. The Hall–Kier alpha value is -1.65. The van der Waals surface area contributed by atoms with Crippen LogP contribution in [-0.2, 0) is 6.54 Å². The molecular formula is C14H12ClF2NO. The maximum Gasteiger partial charge on any atom is 0.166 e. The van der Waals surface area contributed by atoms with Crippen LogP contribution in [0.5, 0.6) is 11.5 Å². The number of benzene rings is 2. The van der Waals surface area contributed by atoms with E-state index < -0.39 is 11.6 Å². The largest absolute Gasteiger partial charge is 0.454 e. The normalized spacial score (nSPS) is 10.5. The summed E-state index contributed by atoms with van der Waals surface area (Å²) >= 11 is 5.63. The van der Waals surface area contributed by atoms with E-state index in [1.807, 2.05) is 0 Å². The van der Waals surface area contributed by atoms with Crippen molar-refractivity contribution in [1.82, 2.24) is 5.32 Å². The van der Waals surface area contributed by atoms with Gasteiger partial charge in [0.15, 0.2) is 11.6 Å². The Balaban J connectivity index is 2.20. The molecule has 0 heterocycles. The number of rotatable bonds is 4. The van der Waals surface area contributed by atoms with Crippen molar-refractivity contribution in [2.24, 2.45) is 0 Å². The number of halogens is 3. The molecule has 0 saturated carbocycles. The van der Waals surface area contributed by atoms with Gasteiger partial charge in [-0.25, -0.2) is 8.78 Å². The maximum atomic E-state index is 13.8. The first-order chi connectivity index (χ1) is 9.10. The molecule has 2 nitrogen and oxygen atoms in total. The van der Waals surface area contributed by atoms with E-state index in [-0.39, 0.29) is 16.5 Å². The van der Waals surface area contributed by atoms with Crippen LogP contribution in [0.2, 0.25) is 5.02 Å². The fourth-order valence-electron chi connectivity index (χ4n) is 1.61. The summed E-state index contributed by atoms with van der Waals surface area (Å²) in [7, 11) is 1.78. The monoisotopic (exact) mass is 283 g/mol. The molecule has 0 aromatic heterocycles. The fraction of sp³-hybridized carbons (Fsp3) is 0.143. The summed E-state index contributed by atoms with van der Waals surface area (Å²) in [5.41, 5.74) is 0.810. The lowest BCUT2D eigenvalue weighted by Gasteiger charge is -2.09. The minimum absolute atomic E-state index is 0.0651. The van der Waals surface area contributed by atoms with E-state index in [1.165, 1.54) is 30.3 Å². The van der Waals surface area contributed by atoms with Crippen molar-refractivity contribution < 1.29 is 13.5 Å². The van der Waals surface area contributed by atoms with Crippen molar-refractivity contribution in [1.29, 1.82) is 0 Å². The zero-order valence-electron chi connectivity index (χ0n) is 10.2. The average Bonchev–Trinajstić information content (AvgIpc) is 2.37. The first-order valence-electron chi connectivity index (χ1n) is 5.66. The molecule has 0 aliphatic carbocycles. The lowest BCUT2D eigenvalue weighted by molar-refractivity contribution is 0.440. The van der Waals surface area contributed by atoms with Gasteiger partial charge in [0.05, 0.1) is 5.02 Å². The number of ether oxygens (including phenoxy) is 1. The molecule has 2 aromatic carbocycles. The molecule has 19 heavy (non-hydrogen) atoms. The van der Waals surface area contributed by atoms with E-state index in [2.05, 4.69) is 5.32 Å². The van der Waals surface area contributed by atoms with Crippen LogP contribution in [0.4, 0.5) is 8.78 Å². The molecule has 0 amide bonds. The van der Waals surface area contributed by atoms with Gasteiger partial charge in [0, 0.05) is 12.6 Å². The topological polar surface area (TPSA) is 21.3 Å². The molecule has 2 rings (SSSR count). The predicted octanol–water partition coefficient (Wildman–Crippen LogP) is 4.13. The summed E-state index contributed by atoms with van der Waals surface area (Å²) in [6.07, 6.45) is 0. The van der Waals surface area contributed by atoms with E-state index >= 15 is 0 Å². The zero-order chi connectivity index (χ0) is 13.8. The minimum Gasteiger partial charge on any atom is -0.454 e. The highest BCUT2D eigenvalue weighted by Gasteiger charge is 2.08. The number of nitrogens with one attached hydrogen (secondary N) is 1. The predicted molar refractivity (Wildman–Crippen MR) is 70.6 cm³/mol. The van der Waals surface area contributed by atoms with E-state index in [0.29, 0.717) is 6.54 Å². The summed E-state index contributed by atoms with van der Waals surface area (Å²) in [5.74, 6) is -0.666. The van der Waals surface area contributed by atoms with Crippen molar-refractivity contribution in [2.75, 3.05) is 7.05 Å². The average molecular weight is 284 g/mol. The van der Waals surface area contributed by atoms with E-state index in [1.54, 1.807) is 13.1 Å². The summed E-state index contributed by atoms with van der Waals surface area (Å²) in [6, 6.07) is 8.53. The van der Waals surface area contributed by atoms with Crippen LogP contribution < -0.4 is 10.1 Å². The van der Waals surface area contributed by atoms with E-state index in [0.717, 1.165) is 5.56 Å². The summed E-state index contributed by atoms with van der Waals surface area (Å²) < 4.78 is 32.1. The summed E-state index contributed by atoms with van der Waals surface area (Å²) in [6.45, 7) is 0.569. The molecule has 5 heteroatoms. The molecule has 0 aliphatic rings. The second-order valence-corrected chi connectivity index (χ2v) is 4.38. The Morgan fingerprint density at radius 1 is 1.11 bits per heavy atom. The Kier molecular flexibility index (Phi) is 4.35. The van der Waals surface area contributed by atoms with Crippen LogP contribution in [0.3, 0.4) is 0 Å². The molecule has 0 saturated heterocycles. The summed E-state index contributed by atoms with van der Waals surface area (Å²) in [5, 5.41) is 2.86. The van der Waals surface area contributed by atoms with Crippen LogP contribution in [0.25, 0.3) is 0 Å². The minimum atomic E-state index is -0.543. The first kappa shape index (κ1) is 13.8. The maximum absolute atomic E-state index is 13.8. The van der Waals surface area contributed by atoms with Crippen molar-refractivity contribution in [2.45, 2.75) is 6.54 Å². The lowest BCUT2D eigenvalue weighted by atomic mass is 10.2. The SMILES string of the molecule is CNCc1ccc(Oc2ccc(F)c(Cl)c2)c(F)c1. The molecule has 100 valence electrons. The second kappa shape index (κ2) is 5.99. The Morgan fingerprint density at radius 2 is 1.89 bits per heavy atom. The van der Waals surface area contributed by atoms with Gasteiger partial charge in [0.1, 0.15) is 11.6 Å². The molecule has 0 unspecified atom stereocenters. The first-order valence-corrected chi connectivity index (χ1v) is 6.04. The molecule has 1 N–H and O–H groups in total. The van der Waals surface area contributed by atoms with Crippen LogP contribution in [0.15, 0.2) is 36.4 Å². The highest BCUT2D eigenvalue weighted by Crippen LogP contribution is 2.28. The molecule has 0 fully saturated rings. The van der Waals surface area contributed by atoms with Gasteiger partial charge in [0.25, 0.3) is 0 Å². The highest BCUT2D eigenvalue weighted by atomic mass is 35.5. The number of hydrogen-bond acceptors (Lipinski definition) is 2. The molecular weight excluding hydrogens is 272 g/mol. The molecule has 0 atom stereocenters. The lowest BCUT2D eigenvalue weighted by Crippen LogP contribution is -2.05. The quantitative estimate of drug-likeness (QED) is 0.911. The van der Waals surface area contributed by atoms with Gasteiger partial charge >= 0.3 is 0 Å². The van der Waals surface area contributed by atoms with Crippen LogP contribution in [0.1, 0.15) is 5.56 Å². The van der Waals surface area contributed by atoms with Gasteiger partial charge < -0.3 is 10.1 Å². The Morgan fingerprint density at radius 3 is 2.53 bits per heavy atom. The third-order valence-electron chi connectivity index (χ3n) is 2.50. The van der Waals surface area contributed by atoms with Crippen molar-refractivity contribution in [3.8, 4) is 11.5 Å². The van der Waals surface area contributed by atoms with Gasteiger partial charge in [-0.05, 0) is 36.9 Å². The smallest absolute Gasteiger partial charge is 0.166 e. The van der Waals surface area contributed by atoms with Gasteiger partial charge in [-0.15, -0.1) is 0 Å². The summed E-state index contributed by atoms with van der Waals surface area (Å²) in [4.78, 5) is 0. The van der Waals surface area contributed by atoms with Gasteiger partial charge in [-0.3, -0.25) is 0 Å². The molecule has 0 spiro atoms. The molecule has 0 bridgehead atoms. The van der Waals surface area contributed by atoms with Gasteiger partial charge in [-0.2, -0.15) is 0 Å². The van der Waals surface area contributed by atoms with Crippen LogP contribution in [-0.4, -0.2) is 7.05 Å². The molecule has 0 radical (unpaired) electrons. The van der Waals surface area contributed by atoms with E-state index in [9.17, 15) is 8.78 Å². The standard InChI is InChI=1S/C14H12ClF2NO/c1-18-8-9-2-5-14(13(17)6-9)19-10-3-4-12(16)11(15)7-10/h2-7,18H,8H2,1H3. The van der Waals surface area contributed by atoms with Gasteiger partial charge in [0.2, 0.25) is 0 Å². The van der Waals surface area contributed by atoms with Crippen molar-refractivity contribution in [3.05, 3.63) is 58.6 Å². The Bertz CT molecular complexity index is 590. The van der Waals surface area contributed by atoms with Crippen molar-refractivity contribution >= 4 is 11.6 Å². The second-order valence-electron chi connectivity index (χ2n) is 3.97. The molecule has 0 aliphatic heterocycles. The van der Waals surface area contributed by atoms with Gasteiger partial charge in [-0.1, -0.05) is 17.7 Å². The fourth-order valence-corrected chi connectivity index (χ4v) is 1.78.